The van der Waals surface area contributed by atoms with E-state index >= 15 is 0 Å². The van der Waals surface area contributed by atoms with Gasteiger partial charge in [-0.1, -0.05) is 12.5 Å². The van der Waals surface area contributed by atoms with Gasteiger partial charge < -0.3 is 0 Å². The van der Waals surface area contributed by atoms with Crippen molar-refractivity contribution in [3.63, 3.8) is 0 Å². The third-order valence-corrected chi connectivity index (χ3v) is 5.26. The Bertz CT molecular complexity index is 473. The molecule has 1 aliphatic rings. The van der Waals surface area contributed by atoms with Crippen LogP contribution in [0.1, 0.15) is 38.7 Å². The second-order valence-corrected chi connectivity index (χ2v) is 7.23. The number of benzene rings is 1. The van der Waals surface area contributed by atoms with Gasteiger partial charge >= 0.3 is 0 Å². The van der Waals surface area contributed by atoms with Crippen LogP contribution in [-0.2, 0) is 6.42 Å². The van der Waals surface area contributed by atoms with Crippen LogP contribution in [0.15, 0.2) is 22.7 Å². The lowest BCUT2D eigenvalue weighted by Crippen LogP contribution is -2.61. The van der Waals surface area contributed by atoms with Gasteiger partial charge in [0.2, 0.25) is 0 Å². The minimum Gasteiger partial charge on any atom is -0.297 e. The van der Waals surface area contributed by atoms with E-state index in [1.807, 2.05) is 12.1 Å². The Hall–Kier alpha value is -0.490. The summed E-state index contributed by atoms with van der Waals surface area (Å²) in [5.41, 5.74) is 4.02. The molecule has 2 rings (SSSR count). The topological polar surface area (TPSA) is 41.3 Å². The van der Waals surface area contributed by atoms with Crippen molar-refractivity contribution in [1.82, 2.24) is 10.3 Å². The Morgan fingerprint density at radius 1 is 1.33 bits per heavy atom. The fourth-order valence-electron chi connectivity index (χ4n) is 3.11. The van der Waals surface area contributed by atoms with Crippen molar-refractivity contribution in [2.45, 2.75) is 51.1 Å². The molecule has 1 fully saturated rings. The highest BCUT2D eigenvalue weighted by Gasteiger charge is 2.35. The third-order valence-electron chi connectivity index (χ3n) is 4.65. The molecule has 3 N–H and O–H groups in total. The highest BCUT2D eigenvalue weighted by atomic mass is 79.9. The first-order valence-electron chi connectivity index (χ1n) is 7.60. The van der Waals surface area contributed by atoms with Gasteiger partial charge in [0.05, 0.1) is 4.47 Å². The van der Waals surface area contributed by atoms with Crippen LogP contribution < -0.4 is 11.3 Å². The second-order valence-electron chi connectivity index (χ2n) is 6.37. The van der Waals surface area contributed by atoms with Crippen molar-refractivity contribution in [3.8, 4) is 0 Å². The average molecular weight is 358 g/mol. The van der Waals surface area contributed by atoms with E-state index in [-0.39, 0.29) is 17.4 Å². The molecule has 1 aromatic rings. The van der Waals surface area contributed by atoms with Gasteiger partial charge in [-0.15, -0.1) is 0 Å². The van der Waals surface area contributed by atoms with Gasteiger partial charge in [0.25, 0.3) is 0 Å². The number of rotatable bonds is 5. The fourth-order valence-corrected chi connectivity index (χ4v) is 3.53. The number of hydrogen-bond acceptors (Lipinski definition) is 3. The van der Waals surface area contributed by atoms with E-state index in [0.29, 0.717) is 4.47 Å². The number of nitrogens with two attached hydrogens (primary N) is 1. The molecule has 1 saturated heterocycles. The maximum atomic E-state index is 13.3. The monoisotopic (exact) mass is 357 g/mol. The standard InChI is InChI=1S/C16H25BrFN3/c1-16(2,21-8-4-3-5-9-21)15(20-19)11-12-6-7-14(18)13(17)10-12/h6-7,10,15,20H,3-5,8-9,11,19H2,1-2H3. The summed E-state index contributed by atoms with van der Waals surface area (Å²) >= 11 is 3.25. The van der Waals surface area contributed by atoms with Crippen LogP contribution in [0.25, 0.3) is 0 Å². The van der Waals surface area contributed by atoms with Gasteiger partial charge in [0.1, 0.15) is 5.82 Å². The molecule has 1 aliphatic heterocycles. The predicted molar refractivity (Wildman–Crippen MR) is 88.4 cm³/mol. The van der Waals surface area contributed by atoms with Gasteiger partial charge in [-0.3, -0.25) is 16.2 Å². The smallest absolute Gasteiger partial charge is 0.137 e. The van der Waals surface area contributed by atoms with Gasteiger partial charge in [-0.2, -0.15) is 0 Å². The SMILES string of the molecule is CC(C)(C(Cc1ccc(F)c(Br)c1)NN)N1CCCCC1. The summed E-state index contributed by atoms with van der Waals surface area (Å²) in [6.07, 6.45) is 4.60. The van der Waals surface area contributed by atoms with Gasteiger partial charge in [-0.05, 0) is 79.8 Å². The molecular formula is C16H25BrFN3. The third kappa shape index (κ3) is 4.03. The molecule has 0 aliphatic carbocycles. The van der Waals surface area contributed by atoms with E-state index < -0.39 is 0 Å². The van der Waals surface area contributed by atoms with Crippen LogP contribution in [-0.4, -0.2) is 29.6 Å². The first-order chi connectivity index (χ1) is 9.95. The summed E-state index contributed by atoms with van der Waals surface area (Å²) in [4.78, 5) is 2.51. The van der Waals surface area contributed by atoms with Crippen LogP contribution in [0.2, 0.25) is 0 Å². The van der Waals surface area contributed by atoms with Gasteiger partial charge in [-0.25, -0.2) is 4.39 Å². The molecule has 5 heteroatoms. The Labute approximate surface area is 135 Å². The molecule has 0 spiro atoms. The molecule has 0 saturated carbocycles. The summed E-state index contributed by atoms with van der Waals surface area (Å²) in [6.45, 7) is 6.72. The van der Waals surface area contributed by atoms with E-state index in [1.165, 1.54) is 25.3 Å². The van der Waals surface area contributed by atoms with Crippen molar-refractivity contribution in [3.05, 3.63) is 34.1 Å². The maximum absolute atomic E-state index is 13.3. The summed E-state index contributed by atoms with van der Waals surface area (Å²) in [7, 11) is 0. The Morgan fingerprint density at radius 2 is 2.00 bits per heavy atom. The lowest BCUT2D eigenvalue weighted by atomic mass is 9.86. The number of hydrazine groups is 1. The number of hydrogen-bond donors (Lipinski definition) is 2. The first-order valence-corrected chi connectivity index (χ1v) is 8.39. The lowest BCUT2D eigenvalue weighted by Gasteiger charge is -2.45. The zero-order valence-electron chi connectivity index (χ0n) is 12.8. The Morgan fingerprint density at radius 3 is 2.57 bits per heavy atom. The van der Waals surface area contributed by atoms with Crippen LogP contribution >= 0.6 is 15.9 Å². The van der Waals surface area contributed by atoms with Crippen molar-refractivity contribution >= 4 is 15.9 Å². The number of likely N-dealkylation sites (tertiary alicyclic amines) is 1. The zero-order valence-corrected chi connectivity index (χ0v) is 14.4. The van der Waals surface area contributed by atoms with E-state index in [4.69, 9.17) is 5.84 Å². The fraction of sp³-hybridized carbons (Fsp3) is 0.625. The van der Waals surface area contributed by atoms with Crippen molar-refractivity contribution < 1.29 is 4.39 Å². The average Bonchev–Trinajstić information content (AvgIpc) is 2.49. The summed E-state index contributed by atoms with van der Waals surface area (Å²) < 4.78 is 13.9. The Balaban J connectivity index is 2.12. The zero-order chi connectivity index (χ0) is 15.5. The number of nitrogens with one attached hydrogen (secondary N) is 1. The Kier molecular flexibility index (Phi) is 5.77. The molecule has 0 aromatic heterocycles. The van der Waals surface area contributed by atoms with Crippen molar-refractivity contribution in [2.24, 2.45) is 5.84 Å². The molecule has 1 aromatic carbocycles. The highest BCUT2D eigenvalue weighted by Crippen LogP contribution is 2.26. The second kappa shape index (κ2) is 7.18. The van der Waals surface area contributed by atoms with E-state index in [0.717, 1.165) is 25.1 Å². The predicted octanol–water partition coefficient (Wildman–Crippen LogP) is 3.23. The van der Waals surface area contributed by atoms with E-state index in [2.05, 4.69) is 40.1 Å². The van der Waals surface area contributed by atoms with Crippen LogP contribution in [0.3, 0.4) is 0 Å². The molecule has 118 valence electrons. The quantitative estimate of drug-likeness (QED) is 0.627. The normalized spacial score (nSPS) is 18.7. The molecule has 1 heterocycles. The number of halogens is 2. The molecule has 0 bridgehead atoms. The number of piperidine rings is 1. The largest absolute Gasteiger partial charge is 0.297 e. The van der Waals surface area contributed by atoms with Crippen LogP contribution in [0.5, 0.6) is 0 Å². The minimum atomic E-state index is -0.230. The van der Waals surface area contributed by atoms with Crippen molar-refractivity contribution in [1.29, 1.82) is 0 Å². The lowest BCUT2D eigenvalue weighted by molar-refractivity contribution is 0.0611. The maximum Gasteiger partial charge on any atom is 0.137 e. The number of nitrogens with zero attached hydrogens (tertiary/aromatic N) is 1. The first kappa shape index (κ1) is 16.9. The summed E-state index contributed by atoms with van der Waals surface area (Å²) in [5, 5.41) is 0. The molecule has 1 atom stereocenters. The van der Waals surface area contributed by atoms with Crippen LogP contribution in [0, 0.1) is 5.82 Å². The molecule has 3 nitrogen and oxygen atoms in total. The minimum absolute atomic E-state index is 0.0317. The molecule has 0 radical (unpaired) electrons. The van der Waals surface area contributed by atoms with Gasteiger partial charge in [0, 0.05) is 11.6 Å². The molecule has 21 heavy (non-hydrogen) atoms. The van der Waals surface area contributed by atoms with E-state index in [9.17, 15) is 4.39 Å². The summed E-state index contributed by atoms with van der Waals surface area (Å²) in [6, 6.07) is 5.29. The van der Waals surface area contributed by atoms with Gasteiger partial charge in [0.15, 0.2) is 0 Å². The molecule has 0 amide bonds. The molecule has 1 unspecified atom stereocenters. The summed E-state index contributed by atoms with van der Waals surface area (Å²) in [5.74, 6) is 5.59. The van der Waals surface area contributed by atoms with E-state index in [1.54, 1.807) is 0 Å². The molecular weight excluding hydrogens is 333 g/mol. The van der Waals surface area contributed by atoms with Crippen LogP contribution in [0.4, 0.5) is 4.39 Å². The highest BCUT2D eigenvalue weighted by molar-refractivity contribution is 9.10. The van der Waals surface area contributed by atoms with Crippen molar-refractivity contribution in [2.75, 3.05) is 13.1 Å².